The van der Waals surface area contributed by atoms with Crippen molar-refractivity contribution in [2.45, 2.75) is 40.3 Å². The minimum Gasteiger partial charge on any atom is -0.371 e. The second kappa shape index (κ2) is 6.69. The molecule has 114 valence electrons. The molecule has 0 bridgehead atoms. The Morgan fingerprint density at radius 3 is 2.71 bits per heavy atom. The van der Waals surface area contributed by atoms with Gasteiger partial charge in [-0.15, -0.1) is 11.3 Å². The lowest BCUT2D eigenvalue weighted by Gasteiger charge is -2.28. The van der Waals surface area contributed by atoms with E-state index >= 15 is 0 Å². The van der Waals surface area contributed by atoms with Crippen molar-refractivity contribution < 1.29 is 4.74 Å². The minimum atomic E-state index is 0.0268. The highest BCUT2D eigenvalue weighted by Gasteiger charge is 2.29. The summed E-state index contributed by atoms with van der Waals surface area (Å²) in [7, 11) is 0. The molecule has 0 aliphatic heterocycles. The molecule has 1 aromatic carbocycles. The Balaban J connectivity index is 2.31. The van der Waals surface area contributed by atoms with Gasteiger partial charge in [-0.3, -0.25) is 0 Å². The molecule has 3 nitrogen and oxygen atoms in total. The monoisotopic (exact) mass is 304 g/mol. The van der Waals surface area contributed by atoms with Crippen LogP contribution in [-0.4, -0.2) is 11.6 Å². The van der Waals surface area contributed by atoms with Crippen molar-refractivity contribution in [2.24, 2.45) is 11.1 Å². The summed E-state index contributed by atoms with van der Waals surface area (Å²) >= 11 is 1.67. The molecule has 2 aromatic rings. The molecule has 1 heterocycles. The molecule has 1 atom stereocenters. The lowest BCUT2D eigenvalue weighted by atomic mass is 9.89. The Morgan fingerprint density at radius 1 is 1.33 bits per heavy atom. The van der Waals surface area contributed by atoms with Crippen molar-refractivity contribution in [2.75, 3.05) is 6.61 Å². The van der Waals surface area contributed by atoms with Crippen LogP contribution in [0.15, 0.2) is 29.6 Å². The lowest BCUT2D eigenvalue weighted by molar-refractivity contribution is -0.0133. The van der Waals surface area contributed by atoms with Crippen LogP contribution in [0.25, 0.3) is 11.3 Å². The van der Waals surface area contributed by atoms with Gasteiger partial charge < -0.3 is 10.5 Å². The maximum absolute atomic E-state index is 5.91. The molecule has 0 saturated heterocycles. The van der Waals surface area contributed by atoms with Crippen molar-refractivity contribution in [3.63, 3.8) is 0 Å². The smallest absolute Gasteiger partial charge is 0.123 e. The normalized spacial score (nSPS) is 13.4. The van der Waals surface area contributed by atoms with Gasteiger partial charge >= 0.3 is 0 Å². The Bertz CT molecular complexity index is 586. The zero-order chi connectivity index (χ0) is 15.5. The average molecular weight is 304 g/mol. The number of ether oxygens (including phenoxy) is 1. The van der Waals surface area contributed by atoms with Gasteiger partial charge in [0.05, 0.1) is 5.69 Å². The number of nitrogens with zero attached hydrogens (tertiary/aromatic N) is 1. The van der Waals surface area contributed by atoms with Crippen LogP contribution in [-0.2, 0) is 11.3 Å². The predicted molar refractivity (Wildman–Crippen MR) is 89.3 cm³/mol. The molecular weight excluding hydrogens is 280 g/mol. The van der Waals surface area contributed by atoms with E-state index in [9.17, 15) is 0 Å². The van der Waals surface area contributed by atoms with Gasteiger partial charge in [-0.1, -0.05) is 39.0 Å². The second-order valence-electron chi connectivity index (χ2n) is 6.18. The van der Waals surface area contributed by atoms with Crippen LogP contribution >= 0.6 is 11.3 Å². The van der Waals surface area contributed by atoms with Gasteiger partial charge in [0.25, 0.3) is 0 Å². The van der Waals surface area contributed by atoms with E-state index in [1.165, 1.54) is 0 Å². The van der Waals surface area contributed by atoms with Crippen molar-refractivity contribution in [3.8, 4) is 11.3 Å². The zero-order valence-electron chi connectivity index (χ0n) is 13.2. The Morgan fingerprint density at radius 2 is 2.10 bits per heavy atom. The predicted octanol–water partition coefficient (Wildman–Crippen LogP) is 4.39. The molecule has 0 aliphatic carbocycles. The van der Waals surface area contributed by atoms with Gasteiger partial charge in [0, 0.05) is 24.1 Å². The summed E-state index contributed by atoms with van der Waals surface area (Å²) in [5.41, 5.74) is 8.98. The summed E-state index contributed by atoms with van der Waals surface area (Å²) in [5, 5.41) is 3.14. The highest BCUT2D eigenvalue weighted by molar-refractivity contribution is 7.10. The van der Waals surface area contributed by atoms with E-state index in [2.05, 4.69) is 38.3 Å². The van der Waals surface area contributed by atoms with Gasteiger partial charge in [-0.2, -0.15) is 0 Å². The topological polar surface area (TPSA) is 48.1 Å². The fourth-order valence-corrected chi connectivity index (χ4v) is 3.37. The maximum atomic E-state index is 5.91. The largest absolute Gasteiger partial charge is 0.371 e. The molecule has 0 radical (unpaired) electrons. The molecular formula is C17H24N2OS. The van der Waals surface area contributed by atoms with Crippen LogP contribution in [0.2, 0.25) is 0 Å². The van der Waals surface area contributed by atoms with Crippen LogP contribution in [0, 0.1) is 5.41 Å². The average Bonchev–Trinajstić information content (AvgIpc) is 2.93. The van der Waals surface area contributed by atoms with Crippen LogP contribution in [0.1, 0.15) is 44.4 Å². The van der Waals surface area contributed by atoms with Gasteiger partial charge in [0.2, 0.25) is 0 Å². The van der Waals surface area contributed by atoms with Gasteiger partial charge in [0.15, 0.2) is 0 Å². The Labute approximate surface area is 131 Å². The SMILES string of the molecule is CCOC(c1nc(-c2cccc(CN)c2)cs1)C(C)(C)C. The number of hydrogen-bond donors (Lipinski definition) is 1. The van der Waals surface area contributed by atoms with E-state index in [1.54, 1.807) is 11.3 Å². The molecule has 0 amide bonds. The Hall–Kier alpha value is -1.23. The number of nitrogens with two attached hydrogens (primary N) is 1. The fourth-order valence-electron chi connectivity index (χ4n) is 2.26. The van der Waals surface area contributed by atoms with E-state index in [0.29, 0.717) is 13.2 Å². The quantitative estimate of drug-likeness (QED) is 0.891. The molecule has 2 N–H and O–H groups in total. The zero-order valence-corrected chi connectivity index (χ0v) is 14.0. The van der Waals surface area contributed by atoms with Crippen molar-refractivity contribution in [1.29, 1.82) is 0 Å². The molecule has 0 fully saturated rings. The van der Waals surface area contributed by atoms with E-state index in [-0.39, 0.29) is 11.5 Å². The summed E-state index contributed by atoms with van der Waals surface area (Å²) in [4.78, 5) is 4.79. The summed E-state index contributed by atoms with van der Waals surface area (Å²) in [6, 6.07) is 8.24. The first-order valence-electron chi connectivity index (χ1n) is 7.32. The third-order valence-electron chi connectivity index (χ3n) is 3.32. The lowest BCUT2D eigenvalue weighted by Crippen LogP contribution is -2.21. The van der Waals surface area contributed by atoms with Crippen molar-refractivity contribution in [1.82, 2.24) is 4.98 Å². The van der Waals surface area contributed by atoms with Crippen molar-refractivity contribution >= 4 is 11.3 Å². The molecule has 0 spiro atoms. The fraction of sp³-hybridized carbons (Fsp3) is 0.471. The molecule has 1 unspecified atom stereocenters. The van der Waals surface area contributed by atoms with Gasteiger partial charge in [0.1, 0.15) is 11.1 Å². The number of hydrogen-bond acceptors (Lipinski definition) is 4. The number of thiazole rings is 1. The summed E-state index contributed by atoms with van der Waals surface area (Å²) in [6.45, 7) is 9.82. The summed E-state index contributed by atoms with van der Waals surface area (Å²) in [6.07, 6.45) is 0.0268. The third-order valence-corrected chi connectivity index (χ3v) is 4.21. The first-order valence-corrected chi connectivity index (χ1v) is 8.20. The highest BCUT2D eigenvalue weighted by atomic mass is 32.1. The van der Waals surface area contributed by atoms with Gasteiger partial charge in [-0.05, 0) is 24.0 Å². The van der Waals surface area contributed by atoms with E-state index in [4.69, 9.17) is 15.5 Å². The molecule has 4 heteroatoms. The van der Waals surface area contributed by atoms with Crippen LogP contribution in [0.3, 0.4) is 0 Å². The molecule has 21 heavy (non-hydrogen) atoms. The molecule has 0 aliphatic rings. The summed E-state index contributed by atoms with van der Waals surface area (Å²) in [5.74, 6) is 0. The van der Waals surface area contributed by atoms with Crippen LogP contribution < -0.4 is 5.73 Å². The summed E-state index contributed by atoms with van der Waals surface area (Å²) < 4.78 is 5.91. The standard InChI is InChI=1S/C17H24N2OS/c1-5-20-15(17(2,3)4)16-19-14(11-21-16)13-8-6-7-12(9-13)10-18/h6-9,11,15H,5,10,18H2,1-4H3. The highest BCUT2D eigenvalue weighted by Crippen LogP contribution is 2.38. The van der Waals surface area contributed by atoms with E-state index < -0.39 is 0 Å². The second-order valence-corrected chi connectivity index (χ2v) is 7.07. The van der Waals surface area contributed by atoms with E-state index in [0.717, 1.165) is 21.8 Å². The molecule has 0 saturated carbocycles. The number of benzene rings is 1. The Kier molecular flexibility index (Phi) is 5.14. The van der Waals surface area contributed by atoms with Crippen molar-refractivity contribution in [3.05, 3.63) is 40.2 Å². The maximum Gasteiger partial charge on any atom is 0.123 e. The van der Waals surface area contributed by atoms with E-state index in [1.807, 2.05) is 19.1 Å². The first kappa shape index (κ1) is 16.1. The number of aromatic nitrogens is 1. The first-order chi connectivity index (χ1) is 9.95. The van der Waals surface area contributed by atoms with Crippen LogP contribution in [0.4, 0.5) is 0 Å². The number of rotatable bonds is 5. The van der Waals surface area contributed by atoms with Gasteiger partial charge in [-0.25, -0.2) is 4.98 Å². The molecule has 2 rings (SSSR count). The third kappa shape index (κ3) is 3.90. The minimum absolute atomic E-state index is 0.0268. The van der Waals surface area contributed by atoms with Crippen LogP contribution in [0.5, 0.6) is 0 Å². The molecule has 1 aromatic heterocycles.